The maximum atomic E-state index is 11.7. The van der Waals surface area contributed by atoms with Crippen molar-refractivity contribution < 1.29 is 14.3 Å². The number of rotatable bonds is 6. The second-order valence-corrected chi connectivity index (χ2v) is 4.62. The van der Waals surface area contributed by atoms with E-state index in [4.69, 9.17) is 27.9 Å². The van der Waals surface area contributed by atoms with Gasteiger partial charge >= 0.3 is 0 Å². The molecule has 0 bridgehead atoms. The van der Waals surface area contributed by atoms with Crippen LogP contribution in [0.1, 0.15) is 26.7 Å². The van der Waals surface area contributed by atoms with Crippen LogP contribution < -0.4 is 4.74 Å². The van der Waals surface area contributed by atoms with Gasteiger partial charge in [-0.25, -0.2) is 0 Å². The Morgan fingerprint density at radius 1 is 1.06 bits per heavy atom. The van der Waals surface area contributed by atoms with E-state index in [1.165, 1.54) is 12.1 Å². The van der Waals surface area contributed by atoms with Crippen molar-refractivity contribution in [2.24, 2.45) is 0 Å². The molecule has 0 spiro atoms. The van der Waals surface area contributed by atoms with Crippen LogP contribution in [0.5, 0.6) is 5.75 Å². The maximum Gasteiger partial charge on any atom is 0.214 e. The third-order valence-electron chi connectivity index (χ3n) is 2.37. The molecule has 1 aromatic rings. The Morgan fingerprint density at radius 3 is 1.89 bits per heavy atom. The number of benzene rings is 1. The highest BCUT2D eigenvalue weighted by Crippen LogP contribution is 2.25. The summed E-state index contributed by atoms with van der Waals surface area (Å²) in [6.07, 6.45) is -0.593. The van der Waals surface area contributed by atoms with E-state index in [9.17, 15) is 9.59 Å². The normalized spacial score (nSPS) is 10.5. The minimum absolute atomic E-state index is 0.241. The molecule has 1 aromatic carbocycles. The Balaban J connectivity index is 2.95. The second-order valence-electron chi connectivity index (χ2n) is 3.74. The fourth-order valence-electron chi connectivity index (χ4n) is 1.41. The summed E-state index contributed by atoms with van der Waals surface area (Å²) in [5.74, 6) is -0.183. The quantitative estimate of drug-likeness (QED) is 0.750. The van der Waals surface area contributed by atoms with Crippen molar-refractivity contribution in [3.05, 3.63) is 28.2 Å². The first-order valence-electron chi connectivity index (χ1n) is 5.66. The Morgan fingerprint density at radius 2 is 1.50 bits per heavy atom. The molecule has 18 heavy (non-hydrogen) atoms. The summed E-state index contributed by atoms with van der Waals surface area (Å²) >= 11 is 11.7. The first kappa shape index (κ1) is 15.0. The van der Waals surface area contributed by atoms with Gasteiger partial charge in [-0.15, -0.1) is 0 Å². The van der Waals surface area contributed by atoms with Crippen molar-refractivity contribution in [1.29, 1.82) is 0 Å². The lowest BCUT2D eigenvalue weighted by atomic mass is 10.1. The van der Waals surface area contributed by atoms with Gasteiger partial charge in [-0.2, -0.15) is 0 Å². The lowest BCUT2D eigenvalue weighted by Crippen LogP contribution is -2.35. The fraction of sp³-hybridized carbons (Fsp3) is 0.385. The van der Waals surface area contributed by atoms with E-state index in [0.717, 1.165) is 0 Å². The van der Waals surface area contributed by atoms with Crippen LogP contribution in [0.2, 0.25) is 10.0 Å². The maximum absolute atomic E-state index is 11.7. The van der Waals surface area contributed by atoms with Crippen molar-refractivity contribution in [3.8, 4) is 5.75 Å². The molecule has 0 N–H and O–H groups in total. The third-order valence-corrected chi connectivity index (χ3v) is 2.81. The average molecular weight is 289 g/mol. The zero-order valence-electron chi connectivity index (χ0n) is 10.2. The van der Waals surface area contributed by atoms with E-state index in [-0.39, 0.29) is 24.4 Å². The minimum atomic E-state index is -1.07. The number of Topliss-reactive ketones (excluding diaryl/α,β-unsaturated/α-hetero) is 2. The summed E-state index contributed by atoms with van der Waals surface area (Å²) in [5.41, 5.74) is 0. The Kier molecular flexibility index (Phi) is 5.63. The van der Waals surface area contributed by atoms with E-state index in [1.807, 2.05) is 0 Å². The Labute approximate surface area is 116 Å². The smallest absolute Gasteiger partial charge is 0.214 e. The number of hydrogen-bond donors (Lipinski definition) is 0. The molecule has 0 unspecified atom stereocenters. The van der Waals surface area contributed by atoms with Gasteiger partial charge in [0.2, 0.25) is 6.10 Å². The van der Waals surface area contributed by atoms with Crippen LogP contribution in [-0.2, 0) is 9.59 Å². The second kappa shape index (κ2) is 6.76. The van der Waals surface area contributed by atoms with E-state index >= 15 is 0 Å². The van der Waals surface area contributed by atoms with Gasteiger partial charge in [0.05, 0.1) is 0 Å². The zero-order valence-corrected chi connectivity index (χ0v) is 11.7. The standard InChI is InChI=1S/C13H14Cl2O3/c1-3-11(16)13(12(17)4-2)18-10-6-8(14)5-9(15)7-10/h5-7,13H,3-4H2,1-2H3. The number of ketones is 2. The Hall–Kier alpha value is -1.06. The van der Waals surface area contributed by atoms with Gasteiger partial charge in [0, 0.05) is 22.9 Å². The molecule has 98 valence electrons. The predicted octanol–water partition coefficient (Wildman–Crippen LogP) is 3.70. The molecule has 0 amide bonds. The minimum Gasteiger partial charge on any atom is -0.475 e. The third kappa shape index (κ3) is 4.00. The molecule has 1 rings (SSSR count). The monoisotopic (exact) mass is 288 g/mol. The number of ether oxygens (including phenoxy) is 1. The van der Waals surface area contributed by atoms with Crippen LogP contribution >= 0.6 is 23.2 Å². The van der Waals surface area contributed by atoms with Crippen molar-refractivity contribution in [1.82, 2.24) is 0 Å². The molecule has 0 aliphatic rings. The van der Waals surface area contributed by atoms with Gasteiger partial charge < -0.3 is 4.74 Å². The summed E-state index contributed by atoms with van der Waals surface area (Å²) in [7, 11) is 0. The molecular weight excluding hydrogens is 275 g/mol. The lowest BCUT2D eigenvalue weighted by Gasteiger charge is -2.16. The summed E-state index contributed by atoms with van der Waals surface area (Å²) in [5, 5.41) is 0.785. The Bertz CT molecular complexity index is 421. The molecule has 3 nitrogen and oxygen atoms in total. The van der Waals surface area contributed by atoms with Crippen LogP contribution in [0, 0.1) is 0 Å². The summed E-state index contributed by atoms with van der Waals surface area (Å²) in [4.78, 5) is 23.3. The lowest BCUT2D eigenvalue weighted by molar-refractivity contribution is -0.136. The van der Waals surface area contributed by atoms with Crippen LogP contribution in [0.3, 0.4) is 0 Å². The van der Waals surface area contributed by atoms with Gasteiger partial charge in [-0.3, -0.25) is 9.59 Å². The van der Waals surface area contributed by atoms with E-state index in [0.29, 0.717) is 15.8 Å². The molecule has 0 fully saturated rings. The highest BCUT2D eigenvalue weighted by molar-refractivity contribution is 6.34. The molecule has 0 saturated heterocycles. The van der Waals surface area contributed by atoms with E-state index < -0.39 is 6.10 Å². The molecule has 0 saturated carbocycles. The van der Waals surface area contributed by atoms with Crippen molar-refractivity contribution in [2.75, 3.05) is 0 Å². The van der Waals surface area contributed by atoms with Crippen LogP contribution in [0.15, 0.2) is 18.2 Å². The SMILES string of the molecule is CCC(=O)C(Oc1cc(Cl)cc(Cl)c1)C(=O)CC. The number of carbonyl (C=O) groups is 2. The van der Waals surface area contributed by atoms with Gasteiger partial charge in [-0.05, 0) is 18.2 Å². The molecular formula is C13H14Cl2O3. The van der Waals surface area contributed by atoms with E-state index in [1.54, 1.807) is 19.9 Å². The van der Waals surface area contributed by atoms with Gasteiger partial charge in [0.1, 0.15) is 5.75 Å². The van der Waals surface area contributed by atoms with Gasteiger partial charge in [-0.1, -0.05) is 37.0 Å². The molecule has 0 aromatic heterocycles. The van der Waals surface area contributed by atoms with E-state index in [2.05, 4.69) is 0 Å². The van der Waals surface area contributed by atoms with Gasteiger partial charge in [0.25, 0.3) is 0 Å². The highest BCUT2D eigenvalue weighted by atomic mass is 35.5. The van der Waals surface area contributed by atoms with Crippen LogP contribution in [-0.4, -0.2) is 17.7 Å². The molecule has 0 atom stereocenters. The summed E-state index contributed by atoms with van der Waals surface area (Å²) in [6.45, 7) is 3.37. The van der Waals surface area contributed by atoms with Crippen molar-refractivity contribution >= 4 is 34.8 Å². The fourth-order valence-corrected chi connectivity index (χ4v) is 1.92. The molecule has 0 heterocycles. The topological polar surface area (TPSA) is 43.4 Å². The van der Waals surface area contributed by atoms with Gasteiger partial charge in [0.15, 0.2) is 11.6 Å². The highest BCUT2D eigenvalue weighted by Gasteiger charge is 2.25. The first-order chi connectivity index (χ1) is 8.47. The van der Waals surface area contributed by atoms with Crippen molar-refractivity contribution in [2.45, 2.75) is 32.8 Å². The first-order valence-corrected chi connectivity index (χ1v) is 6.41. The molecule has 0 radical (unpaired) electrons. The predicted molar refractivity (Wildman–Crippen MR) is 71.5 cm³/mol. The average Bonchev–Trinajstić information content (AvgIpc) is 2.33. The molecule has 0 aliphatic heterocycles. The summed E-state index contributed by atoms with van der Waals surface area (Å²) < 4.78 is 5.41. The molecule has 0 aliphatic carbocycles. The van der Waals surface area contributed by atoms with Crippen LogP contribution in [0.25, 0.3) is 0 Å². The largest absolute Gasteiger partial charge is 0.475 e. The number of halogens is 2. The number of hydrogen-bond acceptors (Lipinski definition) is 3. The van der Waals surface area contributed by atoms with Crippen molar-refractivity contribution in [3.63, 3.8) is 0 Å². The number of carbonyl (C=O) groups excluding carboxylic acids is 2. The summed E-state index contributed by atoms with van der Waals surface area (Å²) in [6, 6.07) is 4.59. The molecule has 5 heteroatoms. The van der Waals surface area contributed by atoms with Crippen LogP contribution in [0.4, 0.5) is 0 Å². The zero-order chi connectivity index (χ0) is 13.7.